The van der Waals surface area contributed by atoms with E-state index in [-0.39, 0.29) is 17.6 Å². The van der Waals surface area contributed by atoms with Crippen molar-refractivity contribution in [1.29, 1.82) is 0 Å². The predicted octanol–water partition coefficient (Wildman–Crippen LogP) is 3.82. The Hall–Kier alpha value is -2.52. The van der Waals surface area contributed by atoms with Crippen molar-refractivity contribution < 1.29 is 14.5 Å². The second-order valence-electron chi connectivity index (χ2n) is 7.02. The Morgan fingerprint density at radius 3 is 2.64 bits per heavy atom. The molecule has 1 amide bonds. The summed E-state index contributed by atoms with van der Waals surface area (Å²) < 4.78 is 5.25. The number of carbonyl (C=O) groups excluding carboxylic acids is 1. The number of hydrogen-bond donors (Lipinski definition) is 1. The second kappa shape index (κ2) is 8.66. The molecule has 1 aliphatic heterocycles. The zero-order chi connectivity index (χ0) is 20.3. The molecule has 2 aromatic rings. The van der Waals surface area contributed by atoms with Crippen molar-refractivity contribution in [2.45, 2.75) is 32.7 Å². The number of ether oxygens (including phenoxy) is 1. The topological polar surface area (TPSA) is 97.6 Å². The van der Waals surface area contributed by atoms with Crippen molar-refractivity contribution in [3.05, 3.63) is 50.0 Å². The van der Waals surface area contributed by atoms with Crippen LogP contribution in [0.2, 0.25) is 0 Å². The molecule has 28 heavy (non-hydrogen) atoms. The summed E-state index contributed by atoms with van der Waals surface area (Å²) in [6.07, 6.45) is 0. The minimum atomic E-state index is -0.467. The molecule has 9 heteroatoms. The SMILES string of the molecule is CC(C)c1nc(C(C)Nc2ccc(C(=O)N3CCOCC3)cc2[N+](=O)[O-])cs1. The monoisotopic (exact) mass is 404 g/mol. The lowest BCUT2D eigenvalue weighted by molar-refractivity contribution is -0.384. The van der Waals surface area contributed by atoms with Gasteiger partial charge in [-0.15, -0.1) is 11.3 Å². The molecule has 2 heterocycles. The highest BCUT2D eigenvalue weighted by Crippen LogP contribution is 2.31. The van der Waals surface area contributed by atoms with Crippen LogP contribution < -0.4 is 5.32 Å². The predicted molar refractivity (Wildman–Crippen MR) is 108 cm³/mol. The van der Waals surface area contributed by atoms with Gasteiger partial charge in [-0.3, -0.25) is 14.9 Å². The Morgan fingerprint density at radius 1 is 1.32 bits per heavy atom. The molecule has 1 atom stereocenters. The number of amides is 1. The van der Waals surface area contributed by atoms with Crippen molar-refractivity contribution in [2.24, 2.45) is 0 Å². The zero-order valence-corrected chi connectivity index (χ0v) is 17.0. The lowest BCUT2D eigenvalue weighted by atomic mass is 10.1. The minimum Gasteiger partial charge on any atom is -0.378 e. The zero-order valence-electron chi connectivity index (χ0n) is 16.2. The molecule has 0 radical (unpaired) electrons. The van der Waals surface area contributed by atoms with Gasteiger partial charge in [-0.2, -0.15) is 0 Å². The van der Waals surface area contributed by atoms with Gasteiger partial charge in [0.2, 0.25) is 0 Å². The summed E-state index contributed by atoms with van der Waals surface area (Å²) in [5, 5.41) is 17.8. The van der Waals surface area contributed by atoms with Gasteiger partial charge in [-0.05, 0) is 19.1 Å². The van der Waals surface area contributed by atoms with E-state index >= 15 is 0 Å². The number of benzene rings is 1. The molecule has 1 unspecified atom stereocenters. The first-order valence-electron chi connectivity index (χ1n) is 9.24. The highest BCUT2D eigenvalue weighted by atomic mass is 32.1. The molecule has 1 aliphatic rings. The quantitative estimate of drug-likeness (QED) is 0.581. The van der Waals surface area contributed by atoms with Gasteiger partial charge in [0.05, 0.1) is 34.9 Å². The Labute approximate surface area is 167 Å². The van der Waals surface area contributed by atoms with Crippen LogP contribution >= 0.6 is 11.3 Å². The van der Waals surface area contributed by atoms with Crippen molar-refractivity contribution in [2.75, 3.05) is 31.6 Å². The molecule has 3 rings (SSSR count). The van der Waals surface area contributed by atoms with Crippen LogP contribution in [-0.2, 0) is 4.74 Å². The molecule has 8 nitrogen and oxygen atoms in total. The molecule has 0 saturated carbocycles. The van der Waals surface area contributed by atoms with Gasteiger partial charge in [0, 0.05) is 36.0 Å². The van der Waals surface area contributed by atoms with Crippen LogP contribution in [0.15, 0.2) is 23.6 Å². The van der Waals surface area contributed by atoms with E-state index in [1.165, 1.54) is 6.07 Å². The number of nitrogens with one attached hydrogen (secondary N) is 1. The van der Waals surface area contributed by atoms with Crippen LogP contribution in [-0.4, -0.2) is 47.0 Å². The maximum Gasteiger partial charge on any atom is 0.293 e. The number of rotatable bonds is 6. The Bertz CT molecular complexity index is 861. The van der Waals surface area contributed by atoms with Crippen molar-refractivity contribution in [1.82, 2.24) is 9.88 Å². The van der Waals surface area contributed by atoms with Crippen LogP contribution in [0.3, 0.4) is 0 Å². The fraction of sp³-hybridized carbons (Fsp3) is 0.474. The fourth-order valence-electron chi connectivity index (χ4n) is 2.96. The number of aromatic nitrogens is 1. The Morgan fingerprint density at radius 2 is 2.04 bits per heavy atom. The largest absolute Gasteiger partial charge is 0.378 e. The van der Waals surface area contributed by atoms with Crippen molar-refractivity contribution in [3.63, 3.8) is 0 Å². The number of thiazole rings is 1. The van der Waals surface area contributed by atoms with Gasteiger partial charge in [0.15, 0.2) is 0 Å². The van der Waals surface area contributed by atoms with E-state index in [1.807, 2.05) is 12.3 Å². The summed E-state index contributed by atoms with van der Waals surface area (Å²) in [6.45, 7) is 8.02. The number of nitro groups is 1. The lowest BCUT2D eigenvalue weighted by Crippen LogP contribution is -2.40. The summed E-state index contributed by atoms with van der Waals surface area (Å²) in [5.74, 6) is 0.123. The van der Waals surface area contributed by atoms with E-state index in [4.69, 9.17) is 4.74 Å². The Kier molecular flexibility index (Phi) is 6.25. The van der Waals surface area contributed by atoms with E-state index in [2.05, 4.69) is 24.1 Å². The second-order valence-corrected chi connectivity index (χ2v) is 7.91. The molecule has 1 N–H and O–H groups in total. The van der Waals surface area contributed by atoms with Crippen molar-refractivity contribution in [3.8, 4) is 0 Å². The molecule has 0 aliphatic carbocycles. The average Bonchev–Trinajstić information content (AvgIpc) is 3.19. The maximum atomic E-state index is 12.6. The summed E-state index contributed by atoms with van der Waals surface area (Å²) in [5.41, 5.74) is 1.40. The minimum absolute atomic E-state index is 0.120. The molecule has 1 aromatic heterocycles. The number of carbonyl (C=O) groups is 1. The average molecular weight is 404 g/mol. The number of nitrogens with zero attached hydrogens (tertiary/aromatic N) is 3. The van der Waals surface area contributed by atoms with Gasteiger partial charge >= 0.3 is 0 Å². The maximum absolute atomic E-state index is 12.6. The van der Waals surface area contributed by atoms with Gasteiger partial charge in [0.1, 0.15) is 5.69 Å². The first-order valence-corrected chi connectivity index (χ1v) is 10.1. The third kappa shape index (κ3) is 4.48. The first kappa shape index (κ1) is 20.2. The van der Waals surface area contributed by atoms with Crippen LogP contribution in [0.1, 0.15) is 53.8 Å². The molecule has 0 spiro atoms. The van der Waals surface area contributed by atoms with Crippen LogP contribution in [0.5, 0.6) is 0 Å². The normalized spacial score (nSPS) is 15.5. The highest BCUT2D eigenvalue weighted by Gasteiger charge is 2.24. The summed E-state index contributed by atoms with van der Waals surface area (Å²) >= 11 is 1.58. The smallest absolute Gasteiger partial charge is 0.293 e. The van der Waals surface area contributed by atoms with E-state index in [0.29, 0.717) is 43.5 Å². The first-order chi connectivity index (χ1) is 13.4. The van der Waals surface area contributed by atoms with Gasteiger partial charge < -0.3 is 15.0 Å². The number of anilines is 1. The van der Waals surface area contributed by atoms with E-state index in [0.717, 1.165) is 10.7 Å². The van der Waals surface area contributed by atoms with Crippen LogP contribution in [0.4, 0.5) is 11.4 Å². The third-order valence-electron chi connectivity index (χ3n) is 4.59. The molecular formula is C19H24N4O4S. The summed E-state index contributed by atoms with van der Waals surface area (Å²) in [7, 11) is 0. The molecule has 0 bridgehead atoms. The van der Waals surface area contributed by atoms with Crippen molar-refractivity contribution >= 4 is 28.6 Å². The standard InChI is InChI=1S/C19H24N4O4S/c1-12(2)18-21-16(11-28-18)13(3)20-15-5-4-14(10-17(15)23(25)26)19(24)22-6-8-27-9-7-22/h4-5,10-13,20H,6-9H2,1-3H3. The highest BCUT2D eigenvalue weighted by molar-refractivity contribution is 7.09. The summed E-state index contributed by atoms with van der Waals surface area (Å²) in [4.78, 5) is 30.0. The van der Waals surface area contributed by atoms with E-state index < -0.39 is 4.92 Å². The van der Waals surface area contributed by atoms with E-state index in [1.54, 1.807) is 28.4 Å². The molecule has 1 saturated heterocycles. The molecule has 1 aromatic carbocycles. The van der Waals surface area contributed by atoms with Gasteiger partial charge in [0.25, 0.3) is 11.6 Å². The fourth-order valence-corrected chi connectivity index (χ4v) is 3.89. The molecule has 150 valence electrons. The number of nitro benzene ring substituents is 1. The van der Waals surface area contributed by atoms with Gasteiger partial charge in [-0.1, -0.05) is 13.8 Å². The van der Waals surface area contributed by atoms with E-state index in [9.17, 15) is 14.9 Å². The molecular weight excluding hydrogens is 380 g/mol. The Balaban J connectivity index is 1.80. The summed E-state index contributed by atoms with van der Waals surface area (Å²) in [6, 6.07) is 4.37. The molecule has 1 fully saturated rings. The third-order valence-corrected chi connectivity index (χ3v) is 5.75. The number of hydrogen-bond acceptors (Lipinski definition) is 7. The van der Waals surface area contributed by atoms with Crippen LogP contribution in [0.25, 0.3) is 0 Å². The van der Waals surface area contributed by atoms with Gasteiger partial charge in [-0.25, -0.2) is 4.98 Å². The van der Waals surface area contributed by atoms with Crippen LogP contribution in [0, 0.1) is 10.1 Å². The number of morpholine rings is 1. The lowest BCUT2D eigenvalue weighted by Gasteiger charge is -2.27.